The molecule has 29 heavy (non-hydrogen) atoms. The Balaban J connectivity index is 1.60. The minimum absolute atomic E-state index is 0.0311. The minimum Gasteiger partial charge on any atom is -0.301 e. The quantitative estimate of drug-likeness (QED) is 0.595. The number of carbonyl (C=O) groups is 1. The Kier molecular flexibility index (Phi) is 6.63. The lowest BCUT2D eigenvalue weighted by molar-refractivity contribution is -0.116. The van der Waals surface area contributed by atoms with Gasteiger partial charge >= 0.3 is 0 Å². The summed E-state index contributed by atoms with van der Waals surface area (Å²) in [5, 5.41) is 3.76. The van der Waals surface area contributed by atoms with Gasteiger partial charge in [-0.2, -0.15) is 4.31 Å². The fourth-order valence-electron chi connectivity index (χ4n) is 2.52. The number of pyridine rings is 1. The molecular weight excluding hydrogens is 432 g/mol. The Morgan fingerprint density at radius 1 is 1.28 bits per heavy atom. The van der Waals surface area contributed by atoms with Crippen LogP contribution in [0.2, 0.25) is 5.02 Å². The van der Waals surface area contributed by atoms with Gasteiger partial charge in [0, 0.05) is 42.0 Å². The molecule has 2 heterocycles. The van der Waals surface area contributed by atoms with Crippen molar-refractivity contribution in [1.29, 1.82) is 0 Å². The van der Waals surface area contributed by atoms with Crippen LogP contribution >= 0.6 is 22.9 Å². The number of halogens is 1. The maximum atomic E-state index is 12.5. The first kappa shape index (κ1) is 21.4. The lowest BCUT2D eigenvalue weighted by Gasteiger charge is -2.16. The first-order chi connectivity index (χ1) is 13.8. The third-order valence-corrected chi connectivity index (χ3v) is 7.23. The second-order valence-corrected chi connectivity index (χ2v) is 9.96. The van der Waals surface area contributed by atoms with Crippen LogP contribution in [0.3, 0.4) is 0 Å². The van der Waals surface area contributed by atoms with Crippen LogP contribution < -0.4 is 5.32 Å². The van der Waals surface area contributed by atoms with E-state index in [2.05, 4.69) is 15.3 Å². The molecule has 1 aromatic carbocycles. The number of nitrogens with one attached hydrogen (secondary N) is 1. The average Bonchev–Trinajstić information content (AvgIpc) is 3.12. The number of aromatic nitrogens is 2. The molecule has 0 unspecified atom stereocenters. The zero-order valence-electron chi connectivity index (χ0n) is 15.8. The van der Waals surface area contributed by atoms with Crippen LogP contribution in [0, 0.1) is 6.92 Å². The predicted octanol–water partition coefficient (Wildman–Crippen LogP) is 3.35. The number of aryl methyl sites for hydroxylation is 1. The SMILES string of the molecule is Cc1ccc(Cc2cnc(NC(=O)CN(C)S(=O)(=O)c3cccnc3)s2)cc1Cl. The first-order valence-corrected chi connectivity index (χ1v) is 11.2. The second-order valence-electron chi connectivity index (χ2n) is 6.39. The van der Waals surface area contributed by atoms with Crippen LogP contribution in [-0.4, -0.2) is 42.2 Å². The molecule has 1 N–H and O–H groups in total. The molecule has 0 bridgehead atoms. The Hall–Kier alpha value is -2.33. The highest BCUT2D eigenvalue weighted by molar-refractivity contribution is 7.89. The molecule has 0 radical (unpaired) electrons. The van der Waals surface area contributed by atoms with Gasteiger partial charge in [-0.15, -0.1) is 11.3 Å². The van der Waals surface area contributed by atoms with Gasteiger partial charge in [0.05, 0.1) is 6.54 Å². The first-order valence-electron chi connectivity index (χ1n) is 8.61. The van der Waals surface area contributed by atoms with Crippen LogP contribution in [0.25, 0.3) is 0 Å². The van der Waals surface area contributed by atoms with E-state index >= 15 is 0 Å². The van der Waals surface area contributed by atoms with E-state index in [4.69, 9.17) is 11.6 Å². The lowest BCUT2D eigenvalue weighted by Crippen LogP contribution is -2.35. The zero-order valence-corrected chi connectivity index (χ0v) is 18.2. The molecule has 2 aromatic heterocycles. The number of anilines is 1. The fraction of sp³-hybridized carbons (Fsp3) is 0.211. The van der Waals surface area contributed by atoms with Crippen molar-refractivity contribution < 1.29 is 13.2 Å². The van der Waals surface area contributed by atoms with Crippen molar-refractivity contribution in [3.8, 4) is 0 Å². The summed E-state index contributed by atoms with van der Waals surface area (Å²) in [5.41, 5.74) is 2.06. The summed E-state index contributed by atoms with van der Waals surface area (Å²) in [6, 6.07) is 8.82. The van der Waals surface area contributed by atoms with Crippen molar-refractivity contribution in [3.05, 3.63) is 69.9 Å². The summed E-state index contributed by atoms with van der Waals surface area (Å²) in [6.07, 6.45) is 5.05. The number of hydrogen-bond donors (Lipinski definition) is 1. The largest absolute Gasteiger partial charge is 0.301 e. The van der Waals surface area contributed by atoms with Gasteiger partial charge in [0.15, 0.2) is 5.13 Å². The Morgan fingerprint density at radius 3 is 2.76 bits per heavy atom. The molecule has 7 nitrogen and oxygen atoms in total. The summed E-state index contributed by atoms with van der Waals surface area (Å²) in [5.74, 6) is -0.473. The number of likely N-dealkylation sites (N-methyl/N-ethyl adjacent to an activating group) is 1. The van der Waals surface area contributed by atoms with Gasteiger partial charge in [0.2, 0.25) is 15.9 Å². The molecule has 0 spiro atoms. The number of sulfonamides is 1. The number of rotatable bonds is 7. The minimum atomic E-state index is -3.79. The summed E-state index contributed by atoms with van der Waals surface area (Å²) in [7, 11) is -2.45. The van der Waals surface area contributed by atoms with Crippen molar-refractivity contribution >= 4 is 44.0 Å². The molecule has 0 aliphatic heterocycles. The number of nitrogens with zero attached hydrogens (tertiary/aromatic N) is 3. The summed E-state index contributed by atoms with van der Waals surface area (Å²) in [6.45, 7) is 1.61. The summed E-state index contributed by atoms with van der Waals surface area (Å²) < 4.78 is 25.9. The van der Waals surface area contributed by atoms with E-state index in [1.54, 1.807) is 6.20 Å². The molecule has 0 fully saturated rings. The monoisotopic (exact) mass is 450 g/mol. The molecular formula is C19H19ClN4O3S2. The topological polar surface area (TPSA) is 92.3 Å². The normalized spacial score (nSPS) is 11.6. The number of thiazole rings is 1. The highest BCUT2D eigenvalue weighted by Crippen LogP contribution is 2.24. The molecule has 1 amide bonds. The highest BCUT2D eigenvalue weighted by atomic mass is 35.5. The van der Waals surface area contributed by atoms with Crippen molar-refractivity contribution in [2.24, 2.45) is 0 Å². The Labute approximate surface area is 178 Å². The number of benzene rings is 1. The van der Waals surface area contributed by atoms with Gasteiger partial charge in [0.25, 0.3) is 0 Å². The van der Waals surface area contributed by atoms with Crippen molar-refractivity contribution in [1.82, 2.24) is 14.3 Å². The van der Waals surface area contributed by atoms with Gasteiger partial charge in [-0.1, -0.05) is 23.7 Å². The average molecular weight is 451 g/mol. The van der Waals surface area contributed by atoms with Gasteiger partial charge in [-0.3, -0.25) is 9.78 Å². The molecule has 0 aliphatic carbocycles. The van der Waals surface area contributed by atoms with Crippen LogP contribution in [0.5, 0.6) is 0 Å². The van der Waals surface area contributed by atoms with E-state index < -0.39 is 15.9 Å². The standard InChI is InChI=1S/C19H19ClN4O3S2/c1-13-5-6-14(9-17(13)20)8-15-10-22-19(28-15)23-18(25)12-24(2)29(26,27)16-4-3-7-21-11-16/h3-7,9-11H,8,12H2,1-2H3,(H,22,23,25). The molecule has 3 aromatic rings. The second kappa shape index (κ2) is 9.00. The van der Waals surface area contributed by atoms with E-state index in [1.165, 1.54) is 42.9 Å². The molecule has 0 atom stereocenters. The van der Waals surface area contributed by atoms with Crippen molar-refractivity contribution in [2.75, 3.05) is 18.9 Å². The molecule has 3 rings (SSSR count). The maximum Gasteiger partial charge on any atom is 0.244 e. The van der Waals surface area contributed by atoms with Gasteiger partial charge in [-0.05, 0) is 36.2 Å². The molecule has 152 valence electrons. The van der Waals surface area contributed by atoms with Crippen LogP contribution in [0.4, 0.5) is 5.13 Å². The molecule has 10 heteroatoms. The third-order valence-electron chi connectivity index (χ3n) is 4.12. The maximum absolute atomic E-state index is 12.5. The van der Waals surface area contributed by atoms with E-state index in [9.17, 15) is 13.2 Å². The van der Waals surface area contributed by atoms with Gasteiger partial charge in [0.1, 0.15) is 4.90 Å². The Morgan fingerprint density at radius 2 is 2.07 bits per heavy atom. The molecule has 0 saturated heterocycles. The Bertz CT molecular complexity index is 1120. The zero-order chi connectivity index (χ0) is 21.0. The summed E-state index contributed by atoms with van der Waals surface area (Å²) in [4.78, 5) is 21.3. The smallest absolute Gasteiger partial charge is 0.244 e. The van der Waals surface area contributed by atoms with E-state index in [-0.39, 0.29) is 11.4 Å². The number of amides is 1. The number of carbonyl (C=O) groups excluding carboxylic acids is 1. The van der Waals surface area contributed by atoms with Gasteiger partial charge in [-0.25, -0.2) is 13.4 Å². The highest BCUT2D eigenvalue weighted by Gasteiger charge is 2.23. The molecule has 0 saturated carbocycles. The molecule has 0 aliphatic rings. The lowest BCUT2D eigenvalue weighted by atomic mass is 10.1. The van der Waals surface area contributed by atoms with Crippen molar-refractivity contribution in [3.63, 3.8) is 0 Å². The third kappa shape index (κ3) is 5.39. The van der Waals surface area contributed by atoms with Crippen molar-refractivity contribution in [2.45, 2.75) is 18.2 Å². The van der Waals surface area contributed by atoms with Gasteiger partial charge < -0.3 is 5.32 Å². The number of hydrogen-bond acceptors (Lipinski definition) is 6. The van der Waals surface area contributed by atoms with E-state index in [0.29, 0.717) is 16.6 Å². The van der Waals surface area contributed by atoms with E-state index in [1.807, 2.05) is 25.1 Å². The van der Waals surface area contributed by atoms with E-state index in [0.717, 1.165) is 20.3 Å². The predicted molar refractivity (Wildman–Crippen MR) is 114 cm³/mol. The van der Waals surface area contributed by atoms with Crippen LogP contribution in [-0.2, 0) is 21.2 Å². The van der Waals surface area contributed by atoms with Crippen LogP contribution in [0.15, 0.2) is 53.8 Å². The summed E-state index contributed by atoms with van der Waals surface area (Å²) >= 11 is 7.49. The fourth-order valence-corrected chi connectivity index (χ4v) is 4.68. The van der Waals surface area contributed by atoms with Crippen LogP contribution in [0.1, 0.15) is 16.0 Å².